The van der Waals surface area contributed by atoms with Crippen molar-refractivity contribution in [1.82, 2.24) is 10.2 Å². The van der Waals surface area contributed by atoms with Gasteiger partial charge in [0.2, 0.25) is 0 Å². The van der Waals surface area contributed by atoms with Gasteiger partial charge in [-0.1, -0.05) is 0 Å². The van der Waals surface area contributed by atoms with E-state index in [-0.39, 0.29) is 0 Å². The van der Waals surface area contributed by atoms with Crippen molar-refractivity contribution in [3.63, 3.8) is 0 Å². The first-order chi connectivity index (χ1) is 6.77. The first-order valence-corrected chi connectivity index (χ1v) is 5.78. The van der Waals surface area contributed by atoms with Gasteiger partial charge in [0, 0.05) is 25.7 Å². The molecule has 3 nitrogen and oxygen atoms in total. The second-order valence-electron chi connectivity index (χ2n) is 4.12. The Labute approximate surface area is 87.8 Å². The fourth-order valence-electron chi connectivity index (χ4n) is 2.16. The van der Waals surface area contributed by atoms with Crippen molar-refractivity contribution in [3.8, 4) is 0 Å². The normalized spacial score (nSPS) is 26.4. The summed E-state index contributed by atoms with van der Waals surface area (Å²) in [7, 11) is 2.01. The minimum Gasteiger partial charge on any atom is -0.377 e. The van der Waals surface area contributed by atoms with Gasteiger partial charge in [-0.3, -0.25) is 4.90 Å². The van der Waals surface area contributed by atoms with Crippen molar-refractivity contribution in [3.05, 3.63) is 0 Å². The van der Waals surface area contributed by atoms with E-state index < -0.39 is 0 Å². The molecule has 1 aliphatic rings. The molecule has 0 saturated carbocycles. The number of hydrogen-bond acceptors (Lipinski definition) is 3. The maximum Gasteiger partial charge on any atom is 0.0702 e. The number of hydrogen-bond donors (Lipinski definition) is 1. The number of likely N-dealkylation sites (N-methyl/N-ethyl adjacent to an activating group) is 1. The van der Waals surface area contributed by atoms with Crippen LogP contribution >= 0.6 is 0 Å². The summed E-state index contributed by atoms with van der Waals surface area (Å²) in [6, 6.07) is 0.628. The molecule has 2 atom stereocenters. The van der Waals surface area contributed by atoms with Gasteiger partial charge in [-0.15, -0.1) is 0 Å². The third kappa shape index (κ3) is 3.56. The minimum absolute atomic E-state index is 0.466. The number of rotatable bonds is 5. The number of ether oxygens (including phenoxy) is 1. The van der Waals surface area contributed by atoms with Crippen molar-refractivity contribution in [2.75, 3.05) is 33.3 Å². The van der Waals surface area contributed by atoms with Gasteiger partial charge in [-0.05, 0) is 40.3 Å². The van der Waals surface area contributed by atoms with Crippen LogP contribution < -0.4 is 5.32 Å². The van der Waals surface area contributed by atoms with Gasteiger partial charge in [0.05, 0.1) is 6.10 Å². The van der Waals surface area contributed by atoms with Crippen LogP contribution in [0.4, 0.5) is 0 Å². The van der Waals surface area contributed by atoms with Crippen LogP contribution in [0.5, 0.6) is 0 Å². The Morgan fingerprint density at radius 1 is 1.57 bits per heavy atom. The van der Waals surface area contributed by atoms with Crippen molar-refractivity contribution in [1.29, 1.82) is 0 Å². The zero-order valence-corrected chi connectivity index (χ0v) is 9.75. The summed E-state index contributed by atoms with van der Waals surface area (Å²) in [5, 5.41) is 3.23. The summed E-state index contributed by atoms with van der Waals surface area (Å²) >= 11 is 0. The van der Waals surface area contributed by atoms with Crippen LogP contribution in [0, 0.1) is 0 Å². The van der Waals surface area contributed by atoms with E-state index in [0.717, 1.165) is 19.7 Å². The molecule has 1 fully saturated rings. The molecule has 0 spiro atoms. The predicted octanol–water partition coefficient (Wildman–Crippen LogP) is 1.10. The van der Waals surface area contributed by atoms with Crippen LogP contribution in [-0.4, -0.2) is 50.3 Å². The summed E-state index contributed by atoms with van der Waals surface area (Å²) < 4.78 is 5.68. The third-order valence-corrected chi connectivity index (χ3v) is 2.93. The highest BCUT2D eigenvalue weighted by Crippen LogP contribution is 2.15. The number of nitrogens with one attached hydrogen (secondary N) is 1. The van der Waals surface area contributed by atoms with Crippen LogP contribution in [-0.2, 0) is 4.74 Å². The Bertz CT molecular complexity index is 146. The number of likely N-dealkylation sites (tertiary alicyclic amines) is 1. The lowest BCUT2D eigenvalue weighted by Gasteiger charge is -2.36. The molecule has 1 N–H and O–H groups in total. The zero-order chi connectivity index (χ0) is 10.4. The molecule has 0 aromatic rings. The Morgan fingerprint density at radius 2 is 2.36 bits per heavy atom. The predicted molar refractivity (Wildman–Crippen MR) is 59.6 cm³/mol. The van der Waals surface area contributed by atoms with Gasteiger partial charge < -0.3 is 10.1 Å². The Morgan fingerprint density at radius 3 is 3.00 bits per heavy atom. The van der Waals surface area contributed by atoms with Crippen molar-refractivity contribution in [2.24, 2.45) is 0 Å². The van der Waals surface area contributed by atoms with Crippen LogP contribution in [0.15, 0.2) is 0 Å². The summed E-state index contributed by atoms with van der Waals surface area (Å²) in [4.78, 5) is 2.53. The van der Waals surface area contributed by atoms with Crippen LogP contribution in [0.3, 0.4) is 0 Å². The summed E-state index contributed by atoms with van der Waals surface area (Å²) in [5.74, 6) is 0. The highest BCUT2D eigenvalue weighted by Gasteiger charge is 2.22. The van der Waals surface area contributed by atoms with Gasteiger partial charge in [0.25, 0.3) is 0 Å². The highest BCUT2D eigenvalue weighted by molar-refractivity contribution is 4.78. The van der Waals surface area contributed by atoms with E-state index in [1.165, 1.54) is 19.4 Å². The molecule has 14 heavy (non-hydrogen) atoms. The van der Waals surface area contributed by atoms with Crippen molar-refractivity contribution in [2.45, 2.75) is 38.8 Å². The molecule has 0 radical (unpaired) electrons. The molecule has 84 valence electrons. The fourth-order valence-corrected chi connectivity index (χ4v) is 2.16. The minimum atomic E-state index is 0.466. The maximum absolute atomic E-state index is 5.68. The Kier molecular flexibility index (Phi) is 5.45. The van der Waals surface area contributed by atoms with E-state index in [1.54, 1.807) is 0 Å². The van der Waals surface area contributed by atoms with Gasteiger partial charge in [-0.2, -0.15) is 0 Å². The molecule has 1 rings (SSSR count). The quantitative estimate of drug-likeness (QED) is 0.719. The Hall–Kier alpha value is -0.120. The average Bonchev–Trinajstić information content (AvgIpc) is 2.19. The van der Waals surface area contributed by atoms with E-state index >= 15 is 0 Å². The molecule has 0 aromatic carbocycles. The standard InChI is InChI=1S/C11H24N2O/c1-4-14-11-6-5-7-13(9-11)10(2)8-12-3/h10-12H,4-9H2,1-3H3. The van der Waals surface area contributed by atoms with E-state index in [2.05, 4.69) is 24.1 Å². The zero-order valence-electron chi connectivity index (χ0n) is 9.75. The number of piperidine rings is 1. The first-order valence-electron chi connectivity index (χ1n) is 5.78. The van der Waals surface area contributed by atoms with Crippen LogP contribution in [0.25, 0.3) is 0 Å². The van der Waals surface area contributed by atoms with Crippen LogP contribution in [0.1, 0.15) is 26.7 Å². The van der Waals surface area contributed by atoms with Gasteiger partial charge >= 0.3 is 0 Å². The van der Waals surface area contributed by atoms with Crippen molar-refractivity contribution >= 4 is 0 Å². The van der Waals surface area contributed by atoms with Gasteiger partial charge in [0.1, 0.15) is 0 Å². The topological polar surface area (TPSA) is 24.5 Å². The molecule has 2 unspecified atom stereocenters. The molecule has 1 heterocycles. The molecular formula is C11H24N2O. The molecule has 0 bridgehead atoms. The smallest absolute Gasteiger partial charge is 0.0702 e. The average molecular weight is 200 g/mol. The molecule has 1 aliphatic heterocycles. The van der Waals surface area contributed by atoms with E-state index in [9.17, 15) is 0 Å². The Balaban J connectivity index is 2.31. The summed E-state index contributed by atoms with van der Waals surface area (Å²) in [6.07, 6.45) is 2.98. The highest BCUT2D eigenvalue weighted by atomic mass is 16.5. The first kappa shape index (κ1) is 12.0. The van der Waals surface area contributed by atoms with E-state index in [4.69, 9.17) is 4.74 Å². The monoisotopic (exact) mass is 200 g/mol. The molecule has 3 heteroatoms. The second kappa shape index (κ2) is 6.38. The molecule has 0 aliphatic carbocycles. The molecule has 0 aromatic heterocycles. The lowest BCUT2D eigenvalue weighted by molar-refractivity contribution is -0.00466. The molecule has 1 saturated heterocycles. The third-order valence-electron chi connectivity index (χ3n) is 2.93. The summed E-state index contributed by atoms with van der Waals surface area (Å²) in [6.45, 7) is 8.61. The molecular weight excluding hydrogens is 176 g/mol. The SMILES string of the molecule is CCOC1CCCN(C(C)CNC)C1. The van der Waals surface area contributed by atoms with Gasteiger partial charge in [0.15, 0.2) is 0 Å². The van der Waals surface area contributed by atoms with Gasteiger partial charge in [-0.25, -0.2) is 0 Å². The lowest BCUT2D eigenvalue weighted by Crippen LogP contribution is -2.47. The number of nitrogens with zero attached hydrogens (tertiary/aromatic N) is 1. The maximum atomic E-state index is 5.68. The lowest BCUT2D eigenvalue weighted by atomic mass is 10.1. The van der Waals surface area contributed by atoms with Crippen LogP contribution in [0.2, 0.25) is 0 Å². The van der Waals surface area contributed by atoms with Crippen molar-refractivity contribution < 1.29 is 4.74 Å². The summed E-state index contributed by atoms with van der Waals surface area (Å²) in [5.41, 5.74) is 0. The fraction of sp³-hybridized carbons (Fsp3) is 1.00. The second-order valence-corrected chi connectivity index (χ2v) is 4.12. The molecule has 0 amide bonds. The largest absolute Gasteiger partial charge is 0.377 e. The van der Waals surface area contributed by atoms with E-state index in [0.29, 0.717) is 12.1 Å². The van der Waals surface area contributed by atoms with E-state index in [1.807, 2.05) is 7.05 Å².